The van der Waals surface area contributed by atoms with Crippen LogP contribution in [0, 0.1) is 0 Å². The molecule has 0 aliphatic rings. The van der Waals surface area contributed by atoms with E-state index in [1.54, 1.807) is 24.3 Å². The maximum Gasteiger partial charge on any atom is 0.249 e. The van der Waals surface area contributed by atoms with E-state index >= 15 is 0 Å². The fourth-order valence-corrected chi connectivity index (χ4v) is 2.85. The molecule has 0 saturated heterocycles. The van der Waals surface area contributed by atoms with Crippen LogP contribution < -0.4 is 10.7 Å². The van der Waals surface area contributed by atoms with Crippen LogP contribution in [-0.4, -0.2) is 23.1 Å². The quantitative estimate of drug-likeness (QED) is 0.329. The molecule has 0 heterocycles. The fraction of sp³-hybridized carbons (Fsp3) is 0.0500. The number of carbonyl (C=O) groups excluding carboxylic acids is 2. The molecule has 0 aliphatic carbocycles. The van der Waals surface area contributed by atoms with Gasteiger partial charge in [-0.2, -0.15) is 5.10 Å². The minimum Gasteiger partial charge on any atom is -0.507 e. The normalized spacial score (nSPS) is 10.9. The van der Waals surface area contributed by atoms with Gasteiger partial charge < -0.3 is 10.4 Å². The summed E-state index contributed by atoms with van der Waals surface area (Å²) in [7, 11) is 0. The number of carbonyl (C=O) groups is 2. The third-order valence-electron chi connectivity index (χ3n) is 3.86. The molecule has 0 unspecified atom stereocenters. The van der Waals surface area contributed by atoms with E-state index in [1.165, 1.54) is 12.3 Å². The van der Waals surface area contributed by atoms with Gasteiger partial charge in [-0.1, -0.05) is 53.5 Å². The van der Waals surface area contributed by atoms with Crippen molar-refractivity contribution in [3.8, 4) is 5.75 Å². The van der Waals surface area contributed by atoms with E-state index in [0.717, 1.165) is 10.8 Å². The number of hydrogen-bond acceptors (Lipinski definition) is 4. The lowest BCUT2D eigenvalue weighted by atomic mass is 10.0. The van der Waals surface area contributed by atoms with Crippen LogP contribution in [0.15, 0.2) is 59.7 Å². The number of nitrogens with zero attached hydrogens (tertiary/aromatic N) is 1. The van der Waals surface area contributed by atoms with Crippen molar-refractivity contribution in [2.45, 2.75) is 6.42 Å². The number of amides is 2. The highest BCUT2D eigenvalue weighted by atomic mass is 35.5. The van der Waals surface area contributed by atoms with E-state index in [2.05, 4.69) is 15.8 Å². The van der Waals surface area contributed by atoms with Crippen LogP contribution in [0.2, 0.25) is 10.0 Å². The summed E-state index contributed by atoms with van der Waals surface area (Å²) in [6, 6.07) is 15.4. The molecule has 0 atom stereocenters. The van der Waals surface area contributed by atoms with Gasteiger partial charge in [0.2, 0.25) is 11.8 Å². The Kier molecular flexibility index (Phi) is 6.13. The van der Waals surface area contributed by atoms with E-state index in [9.17, 15) is 14.7 Å². The molecule has 0 bridgehead atoms. The number of rotatable bonds is 5. The Morgan fingerprint density at radius 1 is 1.00 bits per heavy atom. The van der Waals surface area contributed by atoms with Crippen molar-refractivity contribution >= 4 is 57.7 Å². The van der Waals surface area contributed by atoms with E-state index in [-0.39, 0.29) is 5.75 Å². The molecule has 28 heavy (non-hydrogen) atoms. The average molecular weight is 416 g/mol. The third kappa shape index (κ3) is 4.79. The fourth-order valence-electron chi connectivity index (χ4n) is 2.55. The molecular weight excluding hydrogens is 401 g/mol. The number of nitrogens with one attached hydrogen (secondary N) is 2. The lowest BCUT2D eigenvalue weighted by molar-refractivity contribution is -0.126. The van der Waals surface area contributed by atoms with Gasteiger partial charge in [0.1, 0.15) is 12.2 Å². The summed E-state index contributed by atoms with van der Waals surface area (Å²) in [6.07, 6.45) is 0.908. The monoisotopic (exact) mass is 415 g/mol. The first kappa shape index (κ1) is 19.7. The van der Waals surface area contributed by atoms with Crippen LogP contribution in [0.5, 0.6) is 5.75 Å². The minimum absolute atomic E-state index is 0.0362. The predicted molar refractivity (Wildman–Crippen MR) is 111 cm³/mol. The molecule has 0 aromatic heterocycles. The first-order valence-electron chi connectivity index (χ1n) is 8.21. The highest BCUT2D eigenvalue weighted by Gasteiger charge is 2.10. The zero-order chi connectivity index (χ0) is 20.1. The molecule has 0 spiro atoms. The average Bonchev–Trinajstić information content (AvgIpc) is 2.66. The lowest BCUT2D eigenvalue weighted by Crippen LogP contribution is -2.24. The van der Waals surface area contributed by atoms with Gasteiger partial charge in [-0.05, 0) is 35.0 Å². The predicted octanol–water partition coefficient (Wildman–Crippen LogP) is 4.33. The molecule has 0 radical (unpaired) electrons. The van der Waals surface area contributed by atoms with Crippen molar-refractivity contribution in [3.63, 3.8) is 0 Å². The number of phenolic OH excluding ortho intramolecular Hbond substituents is 1. The van der Waals surface area contributed by atoms with Gasteiger partial charge in [-0.15, -0.1) is 0 Å². The summed E-state index contributed by atoms with van der Waals surface area (Å²) in [5, 5.41) is 18.8. The number of hydrazone groups is 1. The van der Waals surface area contributed by atoms with Crippen molar-refractivity contribution in [2.75, 3.05) is 5.32 Å². The highest BCUT2D eigenvalue weighted by Crippen LogP contribution is 2.26. The molecule has 142 valence electrons. The molecule has 3 rings (SSSR count). The van der Waals surface area contributed by atoms with Crippen LogP contribution in [0.25, 0.3) is 10.8 Å². The summed E-state index contributed by atoms with van der Waals surface area (Å²) in [5.74, 6) is -1.10. The Labute approximate surface area is 170 Å². The zero-order valence-electron chi connectivity index (χ0n) is 14.4. The maximum absolute atomic E-state index is 11.9. The zero-order valence-corrected chi connectivity index (χ0v) is 16.0. The molecule has 3 aromatic rings. The van der Waals surface area contributed by atoms with Crippen molar-refractivity contribution in [1.29, 1.82) is 0 Å². The van der Waals surface area contributed by atoms with Gasteiger partial charge in [0.05, 0.1) is 16.3 Å². The number of fused-ring (bicyclic) bond motifs is 1. The van der Waals surface area contributed by atoms with Crippen LogP contribution in [0.3, 0.4) is 0 Å². The van der Waals surface area contributed by atoms with Crippen molar-refractivity contribution < 1.29 is 14.7 Å². The number of benzene rings is 3. The second kappa shape index (κ2) is 8.73. The second-order valence-electron chi connectivity index (χ2n) is 5.87. The minimum atomic E-state index is -0.603. The van der Waals surface area contributed by atoms with Crippen LogP contribution in [0.4, 0.5) is 5.69 Å². The summed E-state index contributed by atoms with van der Waals surface area (Å²) in [4.78, 5) is 23.8. The molecule has 2 amide bonds. The van der Waals surface area contributed by atoms with Crippen molar-refractivity contribution in [1.82, 2.24) is 5.43 Å². The summed E-state index contributed by atoms with van der Waals surface area (Å²) >= 11 is 11.7. The number of phenols is 1. The number of halogens is 2. The first-order valence-corrected chi connectivity index (χ1v) is 8.97. The molecule has 6 nitrogen and oxygen atoms in total. The first-order chi connectivity index (χ1) is 13.4. The van der Waals surface area contributed by atoms with Gasteiger partial charge in [-0.3, -0.25) is 9.59 Å². The highest BCUT2D eigenvalue weighted by molar-refractivity contribution is 6.42. The molecule has 3 aromatic carbocycles. The third-order valence-corrected chi connectivity index (χ3v) is 4.59. The SMILES string of the molecule is O=C(CC(=O)Nc1ccc(Cl)c(Cl)c1)NN=Cc1c(O)ccc2ccccc12. The van der Waals surface area contributed by atoms with Gasteiger partial charge in [0.15, 0.2) is 0 Å². The molecule has 0 fully saturated rings. The Hall–Kier alpha value is -3.09. The Bertz CT molecular complexity index is 1080. The van der Waals surface area contributed by atoms with Crippen LogP contribution in [-0.2, 0) is 9.59 Å². The lowest BCUT2D eigenvalue weighted by Gasteiger charge is -2.06. The molecule has 8 heteroatoms. The van der Waals surface area contributed by atoms with Crippen LogP contribution in [0.1, 0.15) is 12.0 Å². The molecular formula is C20H15Cl2N3O3. The number of aromatic hydroxyl groups is 1. The second-order valence-corrected chi connectivity index (χ2v) is 6.68. The molecule has 3 N–H and O–H groups in total. The van der Waals surface area contributed by atoms with E-state index in [4.69, 9.17) is 23.2 Å². The number of hydrogen-bond donors (Lipinski definition) is 3. The van der Waals surface area contributed by atoms with Gasteiger partial charge in [-0.25, -0.2) is 5.43 Å². The van der Waals surface area contributed by atoms with E-state index < -0.39 is 18.2 Å². The van der Waals surface area contributed by atoms with Crippen LogP contribution >= 0.6 is 23.2 Å². The largest absolute Gasteiger partial charge is 0.507 e. The molecule has 0 saturated carbocycles. The number of anilines is 1. The van der Waals surface area contributed by atoms with Gasteiger partial charge in [0, 0.05) is 11.3 Å². The smallest absolute Gasteiger partial charge is 0.249 e. The van der Waals surface area contributed by atoms with Gasteiger partial charge in [0.25, 0.3) is 0 Å². The summed E-state index contributed by atoms with van der Waals surface area (Å²) in [6.45, 7) is 0. The Morgan fingerprint density at radius 2 is 1.79 bits per heavy atom. The molecule has 0 aliphatic heterocycles. The van der Waals surface area contributed by atoms with Crippen molar-refractivity contribution in [3.05, 3.63) is 70.2 Å². The standard InChI is InChI=1S/C20H15Cl2N3O3/c21-16-7-6-13(9-17(16)22)24-19(27)10-20(28)25-23-11-15-14-4-2-1-3-12(14)5-8-18(15)26/h1-9,11,26H,10H2,(H,24,27)(H,25,28). The van der Waals surface area contributed by atoms with Gasteiger partial charge >= 0.3 is 0 Å². The summed E-state index contributed by atoms with van der Waals surface area (Å²) in [5.41, 5.74) is 3.17. The maximum atomic E-state index is 11.9. The summed E-state index contributed by atoms with van der Waals surface area (Å²) < 4.78 is 0. The van der Waals surface area contributed by atoms with E-state index in [0.29, 0.717) is 21.3 Å². The Balaban J connectivity index is 1.60. The van der Waals surface area contributed by atoms with E-state index in [1.807, 2.05) is 24.3 Å². The topological polar surface area (TPSA) is 90.8 Å². The Morgan fingerprint density at radius 3 is 2.57 bits per heavy atom. The van der Waals surface area contributed by atoms with Crippen molar-refractivity contribution in [2.24, 2.45) is 5.10 Å².